The molecule has 6 aromatic carbocycles. The van der Waals surface area contributed by atoms with E-state index in [1.165, 1.54) is 20.2 Å². The first kappa shape index (κ1) is 24.6. The molecule has 0 aliphatic rings. The highest BCUT2D eigenvalue weighted by atomic mass is 32.1. The van der Waals surface area contributed by atoms with Crippen molar-refractivity contribution < 1.29 is 8.83 Å². The van der Waals surface area contributed by atoms with E-state index < -0.39 is 0 Å². The van der Waals surface area contributed by atoms with E-state index in [-0.39, 0.29) is 0 Å². The zero-order valence-corrected chi connectivity index (χ0v) is 24.5. The molecule has 4 aromatic heterocycles. The van der Waals surface area contributed by atoms with E-state index in [4.69, 9.17) is 23.8 Å². The van der Waals surface area contributed by atoms with Crippen molar-refractivity contribution in [2.75, 3.05) is 0 Å². The molecule has 45 heavy (non-hydrogen) atoms. The van der Waals surface area contributed by atoms with Crippen molar-refractivity contribution >= 4 is 75.4 Å². The van der Waals surface area contributed by atoms with Gasteiger partial charge in [-0.3, -0.25) is 0 Å². The molecule has 0 atom stereocenters. The maximum atomic E-state index is 6.41. The van der Waals surface area contributed by atoms with Gasteiger partial charge in [-0.15, -0.1) is 11.3 Å². The van der Waals surface area contributed by atoms with E-state index in [0.717, 1.165) is 60.6 Å². The molecule has 210 valence electrons. The van der Waals surface area contributed by atoms with Gasteiger partial charge >= 0.3 is 0 Å². The molecular weight excluding hydrogens is 575 g/mol. The van der Waals surface area contributed by atoms with Crippen molar-refractivity contribution in [1.82, 2.24) is 15.0 Å². The fourth-order valence-corrected chi connectivity index (χ4v) is 7.57. The number of hydrogen-bond donors (Lipinski definition) is 0. The molecule has 0 unspecified atom stereocenters. The molecular formula is C39H21N3O2S. The minimum absolute atomic E-state index is 0.595. The van der Waals surface area contributed by atoms with Gasteiger partial charge in [0.1, 0.15) is 22.3 Å². The van der Waals surface area contributed by atoms with Crippen molar-refractivity contribution in [3.8, 4) is 34.2 Å². The normalized spacial score (nSPS) is 12.0. The van der Waals surface area contributed by atoms with Crippen molar-refractivity contribution in [2.45, 2.75) is 0 Å². The average molecular weight is 596 g/mol. The quantitative estimate of drug-likeness (QED) is 0.203. The summed E-state index contributed by atoms with van der Waals surface area (Å²) in [4.78, 5) is 15.1. The van der Waals surface area contributed by atoms with Crippen molar-refractivity contribution in [2.24, 2.45) is 0 Å². The van der Waals surface area contributed by atoms with E-state index in [1.54, 1.807) is 11.3 Å². The summed E-state index contributed by atoms with van der Waals surface area (Å²) in [6.45, 7) is 0. The Hall–Kier alpha value is -5.85. The first-order chi connectivity index (χ1) is 22.3. The molecule has 5 nitrogen and oxygen atoms in total. The predicted octanol–water partition coefficient (Wildman–Crippen LogP) is 11.0. The molecule has 0 radical (unpaired) electrons. The fraction of sp³-hybridized carbons (Fsp3) is 0. The minimum atomic E-state index is 0.595. The first-order valence-corrected chi connectivity index (χ1v) is 15.6. The third-order valence-corrected chi connectivity index (χ3v) is 9.68. The molecule has 0 aliphatic carbocycles. The molecule has 10 aromatic rings. The highest BCUT2D eigenvalue weighted by Crippen LogP contribution is 2.41. The summed E-state index contributed by atoms with van der Waals surface area (Å²) >= 11 is 1.79. The first-order valence-electron chi connectivity index (χ1n) is 14.8. The van der Waals surface area contributed by atoms with Crippen LogP contribution in [0.15, 0.2) is 136 Å². The van der Waals surface area contributed by atoms with Gasteiger partial charge in [-0.05, 0) is 36.4 Å². The van der Waals surface area contributed by atoms with Crippen LogP contribution in [0, 0.1) is 0 Å². The molecule has 0 N–H and O–H groups in total. The Labute approximate surface area is 260 Å². The largest absolute Gasteiger partial charge is 0.456 e. The third-order valence-electron chi connectivity index (χ3n) is 8.54. The van der Waals surface area contributed by atoms with Crippen LogP contribution < -0.4 is 0 Å². The summed E-state index contributed by atoms with van der Waals surface area (Å²) in [5, 5.41) is 6.63. The van der Waals surface area contributed by atoms with E-state index in [1.807, 2.05) is 60.7 Å². The molecule has 0 fully saturated rings. The Morgan fingerprint density at radius 2 is 1.04 bits per heavy atom. The summed E-state index contributed by atoms with van der Waals surface area (Å²) in [6, 6.07) is 43.4. The molecule has 0 amide bonds. The van der Waals surface area contributed by atoms with Crippen LogP contribution in [0.25, 0.3) is 98.2 Å². The lowest BCUT2D eigenvalue weighted by Crippen LogP contribution is -2.00. The SMILES string of the molecule is c1ccc(-c2nc(-c3ccc4c(c3)oc3cc5oc6ccccc6c5cc34)nc(-c3cccc4sc5ccccc5c34)n2)cc1. The van der Waals surface area contributed by atoms with Crippen LogP contribution >= 0.6 is 11.3 Å². The second-order valence-corrected chi connectivity index (χ2v) is 12.3. The number of furan rings is 2. The van der Waals surface area contributed by atoms with Crippen molar-refractivity contribution in [1.29, 1.82) is 0 Å². The lowest BCUT2D eigenvalue weighted by molar-refractivity contribution is 0.656. The minimum Gasteiger partial charge on any atom is -0.456 e. The third kappa shape index (κ3) is 3.76. The smallest absolute Gasteiger partial charge is 0.164 e. The van der Waals surface area contributed by atoms with Gasteiger partial charge in [-0.1, -0.05) is 84.9 Å². The van der Waals surface area contributed by atoms with Gasteiger partial charge in [-0.25, -0.2) is 15.0 Å². The van der Waals surface area contributed by atoms with Gasteiger partial charge < -0.3 is 8.83 Å². The van der Waals surface area contributed by atoms with Crippen LogP contribution in [-0.2, 0) is 0 Å². The fourth-order valence-electron chi connectivity index (χ4n) is 6.44. The number of thiophene rings is 1. The predicted molar refractivity (Wildman–Crippen MR) is 184 cm³/mol. The van der Waals surface area contributed by atoms with Crippen LogP contribution in [0.5, 0.6) is 0 Å². The number of nitrogens with zero attached hydrogens (tertiary/aromatic N) is 3. The van der Waals surface area contributed by atoms with E-state index in [2.05, 4.69) is 66.7 Å². The van der Waals surface area contributed by atoms with E-state index in [0.29, 0.717) is 17.5 Å². The second kappa shape index (κ2) is 9.32. The number of hydrogen-bond acceptors (Lipinski definition) is 6. The number of para-hydroxylation sites is 1. The standard InChI is InChI=1S/C39H21N3O2S/c1-2-9-22(10-3-1)37-40-38(42-39(41-37)27-13-8-16-35-36(27)26-12-5-7-15-34(26)45-35)23-17-18-25-29-20-28-24-11-4-6-14-30(24)43-32(28)21-33(29)44-31(25)19-23/h1-21H. The molecule has 0 bridgehead atoms. The maximum Gasteiger partial charge on any atom is 0.164 e. The highest BCUT2D eigenvalue weighted by Gasteiger charge is 2.18. The van der Waals surface area contributed by atoms with E-state index >= 15 is 0 Å². The number of rotatable bonds is 3. The second-order valence-electron chi connectivity index (χ2n) is 11.2. The molecule has 0 spiro atoms. The Bertz CT molecular complexity index is 2770. The number of benzene rings is 6. The van der Waals surface area contributed by atoms with Crippen molar-refractivity contribution in [3.63, 3.8) is 0 Å². The maximum absolute atomic E-state index is 6.41. The number of fused-ring (bicyclic) bond motifs is 9. The monoisotopic (exact) mass is 595 g/mol. The molecule has 0 saturated carbocycles. The Kier molecular flexibility index (Phi) is 5.09. The Morgan fingerprint density at radius 1 is 0.400 bits per heavy atom. The van der Waals surface area contributed by atoms with Crippen LogP contribution in [0.2, 0.25) is 0 Å². The molecule has 0 saturated heterocycles. The average Bonchev–Trinajstić information content (AvgIpc) is 3.77. The van der Waals surface area contributed by atoms with Crippen LogP contribution in [-0.4, -0.2) is 15.0 Å². The van der Waals surface area contributed by atoms with Crippen molar-refractivity contribution in [3.05, 3.63) is 127 Å². The summed E-state index contributed by atoms with van der Waals surface area (Å²) < 4.78 is 15.0. The summed E-state index contributed by atoms with van der Waals surface area (Å²) in [5.74, 6) is 1.87. The van der Waals surface area contributed by atoms with Gasteiger partial charge in [0.05, 0.1) is 0 Å². The molecule has 4 heterocycles. The highest BCUT2D eigenvalue weighted by molar-refractivity contribution is 7.25. The molecule has 6 heteroatoms. The zero-order valence-electron chi connectivity index (χ0n) is 23.7. The van der Waals surface area contributed by atoms with Gasteiger partial charge in [0, 0.05) is 64.5 Å². The molecule has 0 aliphatic heterocycles. The summed E-state index contributed by atoms with van der Waals surface area (Å²) in [7, 11) is 0. The van der Waals surface area contributed by atoms with E-state index in [9.17, 15) is 0 Å². The van der Waals surface area contributed by atoms with Crippen LogP contribution in [0.4, 0.5) is 0 Å². The Balaban J connectivity index is 1.19. The van der Waals surface area contributed by atoms with Gasteiger partial charge in [-0.2, -0.15) is 0 Å². The van der Waals surface area contributed by atoms with Gasteiger partial charge in [0.15, 0.2) is 17.5 Å². The summed E-state index contributed by atoms with van der Waals surface area (Å²) in [5.41, 5.74) is 6.03. The van der Waals surface area contributed by atoms with Gasteiger partial charge in [0.2, 0.25) is 0 Å². The molecule has 10 rings (SSSR count). The number of aromatic nitrogens is 3. The zero-order chi connectivity index (χ0) is 29.5. The van der Waals surface area contributed by atoms with Gasteiger partial charge in [0.25, 0.3) is 0 Å². The Morgan fingerprint density at radius 3 is 1.91 bits per heavy atom. The lowest BCUT2D eigenvalue weighted by Gasteiger charge is -2.09. The topological polar surface area (TPSA) is 65.0 Å². The summed E-state index contributed by atoms with van der Waals surface area (Å²) in [6.07, 6.45) is 0. The van der Waals surface area contributed by atoms with Crippen LogP contribution in [0.3, 0.4) is 0 Å². The lowest BCUT2D eigenvalue weighted by atomic mass is 10.0. The van der Waals surface area contributed by atoms with Crippen LogP contribution in [0.1, 0.15) is 0 Å².